The molecular formula is C39H43F3N6O5. The number of terminal acetylenes is 1. The summed E-state index contributed by atoms with van der Waals surface area (Å²) in [4.78, 5) is 32.9. The number of hydrogen-bond donors (Lipinski definition) is 0. The number of benzene rings is 2. The molecule has 0 N–H and O–H groups in total. The van der Waals surface area contributed by atoms with Gasteiger partial charge in [0.15, 0.2) is 12.6 Å². The van der Waals surface area contributed by atoms with Crippen LogP contribution in [0.5, 0.6) is 11.8 Å². The second kappa shape index (κ2) is 13.8. The van der Waals surface area contributed by atoms with Crippen LogP contribution in [0.25, 0.3) is 32.9 Å². The highest BCUT2D eigenvalue weighted by atomic mass is 19.1. The molecule has 0 spiro atoms. The van der Waals surface area contributed by atoms with Crippen molar-refractivity contribution in [2.24, 2.45) is 0 Å². The van der Waals surface area contributed by atoms with Crippen molar-refractivity contribution in [3.63, 3.8) is 0 Å². The number of nitrogens with zero attached hydrogens (tertiary/aromatic N) is 6. The van der Waals surface area contributed by atoms with Crippen LogP contribution in [0, 0.1) is 24.0 Å². The van der Waals surface area contributed by atoms with Crippen molar-refractivity contribution >= 4 is 33.6 Å². The molecule has 5 heterocycles. The molecule has 4 aromatic rings. The predicted molar refractivity (Wildman–Crippen MR) is 194 cm³/mol. The number of alkyl halides is 1. The van der Waals surface area contributed by atoms with Crippen LogP contribution in [0.2, 0.25) is 0 Å². The third-order valence-electron chi connectivity index (χ3n) is 10.4. The average molecular weight is 733 g/mol. The number of hydrogen-bond acceptors (Lipinski definition) is 10. The molecule has 3 aliphatic rings. The van der Waals surface area contributed by atoms with Gasteiger partial charge in [-0.1, -0.05) is 12.0 Å². The number of aromatic nitrogens is 3. The Kier molecular flexibility index (Phi) is 9.53. The minimum atomic E-state index is -1.01. The maximum Gasteiger partial charge on any atom is 0.410 e. The van der Waals surface area contributed by atoms with Crippen molar-refractivity contribution in [2.45, 2.75) is 76.4 Å². The fourth-order valence-corrected chi connectivity index (χ4v) is 7.76. The van der Waals surface area contributed by atoms with Gasteiger partial charge in [0.2, 0.25) is 0 Å². The van der Waals surface area contributed by atoms with Crippen molar-refractivity contribution in [1.82, 2.24) is 24.8 Å². The van der Waals surface area contributed by atoms with E-state index in [9.17, 15) is 9.18 Å². The lowest BCUT2D eigenvalue weighted by Gasteiger charge is -2.42. The van der Waals surface area contributed by atoms with E-state index in [-0.39, 0.29) is 78.3 Å². The summed E-state index contributed by atoms with van der Waals surface area (Å²) < 4.78 is 69.4. The lowest BCUT2D eigenvalue weighted by Crippen LogP contribution is -2.57. The van der Waals surface area contributed by atoms with E-state index in [2.05, 4.69) is 15.9 Å². The first-order valence-electron chi connectivity index (χ1n) is 17.6. The van der Waals surface area contributed by atoms with Gasteiger partial charge in [-0.25, -0.2) is 18.0 Å². The molecule has 1 amide bonds. The minimum Gasteiger partial charge on any atom is -0.468 e. The summed E-state index contributed by atoms with van der Waals surface area (Å²) in [6.45, 7) is 8.45. The van der Waals surface area contributed by atoms with Crippen molar-refractivity contribution in [3.05, 3.63) is 47.7 Å². The highest BCUT2D eigenvalue weighted by Crippen LogP contribution is 2.41. The number of likely N-dealkylation sites (tertiary alicyclic amines) is 1. The molecule has 53 heavy (non-hydrogen) atoms. The summed E-state index contributed by atoms with van der Waals surface area (Å²) in [5.74, 6) is 1.67. The molecule has 4 atom stereocenters. The number of ether oxygens (including phenoxy) is 4. The molecule has 2 bridgehead atoms. The molecule has 11 nitrogen and oxygen atoms in total. The van der Waals surface area contributed by atoms with Gasteiger partial charge in [0, 0.05) is 50.3 Å². The Labute approximate surface area is 306 Å². The topological polar surface area (TPSA) is 102 Å². The molecule has 7 rings (SSSR count). The Balaban J connectivity index is 1.35. The third kappa shape index (κ3) is 6.88. The van der Waals surface area contributed by atoms with E-state index < -0.39 is 28.9 Å². The smallest absolute Gasteiger partial charge is 0.410 e. The molecule has 0 unspecified atom stereocenters. The van der Waals surface area contributed by atoms with Crippen LogP contribution in [0.1, 0.15) is 52.5 Å². The fraction of sp³-hybridized carbons (Fsp3) is 0.487. The maximum absolute atomic E-state index is 17.2. The van der Waals surface area contributed by atoms with Crippen LogP contribution < -0.4 is 14.4 Å². The summed E-state index contributed by atoms with van der Waals surface area (Å²) in [6.07, 6.45) is 7.66. The first-order valence-corrected chi connectivity index (χ1v) is 17.6. The quantitative estimate of drug-likeness (QED) is 0.148. The van der Waals surface area contributed by atoms with Crippen LogP contribution in [0.15, 0.2) is 30.5 Å². The number of anilines is 1. The summed E-state index contributed by atoms with van der Waals surface area (Å²) in [6, 6.07) is 5.56. The van der Waals surface area contributed by atoms with Gasteiger partial charge in [0.1, 0.15) is 47.0 Å². The number of methoxy groups -OCH3 is 1. The van der Waals surface area contributed by atoms with Crippen LogP contribution in [0.3, 0.4) is 0 Å². The second-order valence-corrected chi connectivity index (χ2v) is 15.3. The van der Waals surface area contributed by atoms with Gasteiger partial charge in [0.25, 0.3) is 0 Å². The van der Waals surface area contributed by atoms with E-state index >= 15 is 8.78 Å². The van der Waals surface area contributed by atoms with E-state index in [1.165, 1.54) is 31.5 Å². The fourth-order valence-electron chi connectivity index (χ4n) is 7.76. The SMILES string of the molecule is C#Cc1c(F)ccc2cc(OCOC)cc(-c3ncc4c(N5C[C@H]6CC[C@@H](C5)N6C(=O)OC(C)(C)C)nc(OC[C@]5(C)C[C@@H](F)CN5C)nc4c3F)c12. The maximum atomic E-state index is 17.2. The van der Waals surface area contributed by atoms with Crippen molar-refractivity contribution in [2.75, 3.05) is 52.1 Å². The normalized spacial score (nSPS) is 23.1. The molecule has 2 aromatic carbocycles. The van der Waals surface area contributed by atoms with Gasteiger partial charge in [-0.2, -0.15) is 9.97 Å². The van der Waals surface area contributed by atoms with E-state index in [0.29, 0.717) is 35.4 Å². The lowest BCUT2D eigenvalue weighted by atomic mass is 9.95. The van der Waals surface area contributed by atoms with Crippen LogP contribution in [-0.4, -0.2) is 107 Å². The highest BCUT2D eigenvalue weighted by Gasteiger charge is 2.45. The molecule has 0 radical (unpaired) electrons. The van der Waals surface area contributed by atoms with Crippen LogP contribution in [0.4, 0.5) is 23.8 Å². The van der Waals surface area contributed by atoms with Crippen molar-refractivity contribution < 1.29 is 36.9 Å². The largest absolute Gasteiger partial charge is 0.468 e. The molecule has 2 aromatic heterocycles. The second-order valence-electron chi connectivity index (χ2n) is 15.3. The summed E-state index contributed by atoms with van der Waals surface area (Å²) in [7, 11) is 3.30. The number of likely N-dealkylation sites (N-methyl/N-ethyl adjacent to an activating group) is 1. The van der Waals surface area contributed by atoms with Gasteiger partial charge < -0.3 is 23.8 Å². The number of carbonyl (C=O) groups is 1. The van der Waals surface area contributed by atoms with E-state index in [0.717, 1.165) is 12.8 Å². The van der Waals surface area contributed by atoms with Crippen LogP contribution in [-0.2, 0) is 9.47 Å². The van der Waals surface area contributed by atoms with Gasteiger partial charge >= 0.3 is 12.1 Å². The standard InChI is InChI=1S/C39H43F3N6O5/c1-8-27-30(41)12-9-22-13-26(52-21-50-7)14-28(31(22)27)33-32(42)34-29(16-43-33)35(45-36(44-34)51-20-39(5)15-23(40)17-46(39)6)47-18-24-10-11-25(19-47)48(24)37(49)53-38(2,3)4/h1,9,12-14,16,23-25H,10-11,15,17-21H2,2-7H3/t23-,24-,25+,39+/m1/s1. The molecule has 0 saturated carbocycles. The summed E-state index contributed by atoms with van der Waals surface area (Å²) in [5, 5.41) is 1.10. The Morgan fingerprint density at radius 2 is 1.83 bits per heavy atom. The number of carbonyl (C=O) groups excluding carboxylic acids is 1. The predicted octanol–water partition coefficient (Wildman–Crippen LogP) is 6.49. The molecular weight excluding hydrogens is 689 g/mol. The van der Waals surface area contributed by atoms with Gasteiger partial charge in [-0.05, 0) is 71.2 Å². The first kappa shape index (κ1) is 36.5. The molecule has 3 fully saturated rings. The molecule has 0 aliphatic carbocycles. The lowest BCUT2D eigenvalue weighted by molar-refractivity contribution is 0.0122. The summed E-state index contributed by atoms with van der Waals surface area (Å²) >= 11 is 0. The number of piperazine rings is 1. The van der Waals surface area contributed by atoms with Crippen LogP contribution >= 0.6 is 0 Å². The van der Waals surface area contributed by atoms with Gasteiger partial charge in [0.05, 0.1) is 28.6 Å². The van der Waals surface area contributed by atoms with E-state index in [4.69, 9.17) is 30.4 Å². The average Bonchev–Trinajstić information content (AvgIpc) is 3.53. The Morgan fingerprint density at radius 3 is 2.47 bits per heavy atom. The Morgan fingerprint density at radius 1 is 1.09 bits per heavy atom. The molecule has 280 valence electrons. The zero-order chi connectivity index (χ0) is 37.8. The molecule has 3 saturated heterocycles. The van der Waals surface area contributed by atoms with E-state index in [1.54, 1.807) is 11.0 Å². The van der Waals surface area contributed by atoms with Gasteiger partial charge in [-0.15, -0.1) is 6.42 Å². The third-order valence-corrected chi connectivity index (χ3v) is 10.4. The number of halogens is 3. The number of rotatable bonds is 8. The Bertz CT molecular complexity index is 2110. The monoisotopic (exact) mass is 732 g/mol. The minimum absolute atomic E-state index is 0.0529. The van der Waals surface area contributed by atoms with Crippen molar-refractivity contribution in [1.29, 1.82) is 0 Å². The van der Waals surface area contributed by atoms with Crippen molar-refractivity contribution in [3.8, 4) is 35.4 Å². The number of fused-ring (bicyclic) bond motifs is 4. The molecule has 14 heteroatoms. The number of amides is 1. The summed E-state index contributed by atoms with van der Waals surface area (Å²) in [5.41, 5.74) is -1.37. The zero-order valence-corrected chi connectivity index (χ0v) is 30.7. The Hall–Kier alpha value is -4.87. The van der Waals surface area contributed by atoms with E-state index in [1.807, 2.05) is 44.5 Å². The molecule has 3 aliphatic heterocycles. The first-order chi connectivity index (χ1) is 25.2. The van der Waals surface area contributed by atoms with Gasteiger partial charge in [-0.3, -0.25) is 14.8 Å². The number of pyridine rings is 1. The zero-order valence-electron chi connectivity index (χ0n) is 30.7. The highest BCUT2D eigenvalue weighted by molar-refractivity contribution is 6.03.